The first kappa shape index (κ1) is 14.8. The molecule has 5 nitrogen and oxygen atoms in total. The van der Waals surface area contributed by atoms with E-state index in [1.165, 1.54) is 12.1 Å². The van der Waals surface area contributed by atoms with Crippen molar-refractivity contribution in [3.05, 3.63) is 35.8 Å². The van der Waals surface area contributed by atoms with E-state index in [1.54, 1.807) is 6.07 Å². The summed E-state index contributed by atoms with van der Waals surface area (Å²) in [4.78, 5) is 14.7. The molecule has 2 aromatic rings. The van der Waals surface area contributed by atoms with Gasteiger partial charge in [0.05, 0.1) is 5.60 Å². The second-order valence-corrected chi connectivity index (χ2v) is 5.94. The predicted octanol–water partition coefficient (Wildman–Crippen LogP) is 2.06. The smallest absolute Gasteiger partial charge is 0.314 e. The van der Waals surface area contributed by atoms with Gasteiger partial charge in [0.15, 0.2) is 0 Å². The Balaban J connectivity index is 1.46. The van der Waals surface area contributed by atoms with Crippen molar-refractivity contribution in [2.75, 3.05) is 13.1 Å². The molecule has 1 aromatic carbocycles. The summed E-state index contributed by atoms with van der Waals surface area (Å²) in [6, 6.07) is 4.35. The first-order chi connectivity index (χ1) is 10.6. The van der Waals surface area contributed by atoms with Crippen molar-refractivity contribution in [3.63, 3.8) is 0 Å². The summed E-state index contributed by atoms with van der Waals surface area (Å²) in [5.41, 5.74) is 1.08. The first-order valence-electron chi connectivity index (χ1n) is 7.55. The summed E-state index contributed by atoms with van der Waals surface area (Å²) in [6.07, 6.45) is 5.00. The van der Waals surface area contributed by atoms with Crippen LogP contribution in [0.25, 0.3) is 10.9 Å². The molecule has 1 aromatic heterocycles. The quantitative estimate of drug-likeness (QED) is 0.682. The lowest BCUT2D eigenvalue weighted by atomic mass is 9.80. The third kappa shape index (κ3) is 3.22. The minimum Gasteiger partial charge on any atom is -0.388 e. The Hall–Kier alpha value is -2.08. The van der Waals surface area contributed by atoms with Crippen molar-refractivity contribution >= 4 is 16.9 Å². The molecule has 2 amide bonds. The third-order valence-corrected chi connectivity index (χ3v) is 4.27. The van der Waals surface area contributed by atoms with Crippen LogP contribution < -0.4 is 10.6 Å². The van der Waals surface area contributed by atoms with E-state index in [1.807, 2.05) is 6.20 Å². The Bertz CT molecular complexity index is 679. The Morgan fingerprint density at radius 2 is 2.18 bits per heavy atom. The number of carbonyl (C=O) groups excluding carboxylic acids is 1. The van der Waals surface area contributed by atoms with E-state index >= 15 is 0 Å². The van der Waals surface area contributed by atoms with E-state index in [9.17, 15) is 14.3 Å². The van der Waals surface area contributed by atoms with Gasteiger partial charge in [-0.05, 0) is 49.4 Å². The number of aromatic nitrogens is 1. The van der Waals surface area contributed by atoms with E-state index in [0.717, 1.165) is 35.7 Å². The van der Waals surface area contributed by atoms with E-state index in [2.05, 4.69) is 15.6 Å². The number of rotatable bonds is 5. The van der Waals surface area contributed by atoms with E-state index in [0.29, 0.717) is 19.5 Å². The van der Waals surface area contributed by atoms with Crippen LogP contribution in [0.3, 0.4) is 0 Å². The summed E-state index contributed by atoms with van der Waals surface area (Å²) in [5.74, 6) is -0.271. The van der Waals surface area contributed by atoms with Crippen LogP contribution in [0.15, 0.2) is 24.4 Å². The largest absolute Gasteiger partial charge is 0.388 e. The van der Waals surface area contributed by atoms with E-state index in [4.69, 9.17) is 0 Å². The summed E-state index contributed by atoms with van der Waals surface area (Å²) in [5, 5.41) is 16.3. The first-order valence-corrected chi connectivity index (χ1v) is 7.55. The predicted molar refractivity (Wildman–Crippen MR) is 82.2 cm³/mol. The van der Waals surface area contributed by atoms with Crippen molar-refractivity contribution in [1.82, 2.24) is 15.6 Å². The van der Waals surface area contributed by atoms with Crippen molar-refractivity contribution in [2.24, 2.45) is 0 Å². The number of hydrogen-bond donors (Lipinski definition) is 4. The van der Waals surface area contributed by atoms with Gasteiger partial charge in [-0.2, -0.15) is 0 Å². The Morgan fingerprint density at radius 1 is 1.36 bits per heavy atom. The fraction of sp³-hybridized carbons (Fsp3) is 0.438. The fourth-order valence-electron chi connectivity index (χ4n) is 2.75. The second kappa shape index (κ2) is 5.96. The van der Waals surface area contributed by atoms with Crippen LogP contribution in [-0.2, 0) is 6.42 Å². The summed E-state index contributed by atoms with van der Waals surface area (Å²) in [6.45, 7) is 0.778. The molecule has 0 unspecified atom stereocenters. The van der Waals surface area contributed by atoms with Gasteiger partial charge in [-0.15, -0.1) is 0 Å². The van der Waals surface area contributed by atoms with Gasteiger partial charge >= 0.3 is 6.03 Å². The molecule has 1 saturated carbocycles. The highest BCUT2D eigenvalue weighted by Gasteiger charge is 2.34. The molecule has 1 fully saturated rings. The zero-order valence-corrected chi connectivity index (χ0v) is 12.3. The van der Waals surface area contributed by atoms with Crippen LogP contribution in [0, 0.1) is 5.82 Å². The molecule has 0 bridgehead atoms. The molecule has 1 aliphatic rings. The lowest BCUT2D eigenvalue weighted by molar-refractivity contribution is -0.0290. The highest BCUT2D eigenvalue weighted by molar-refractivity contribution is 5.83. The molecule has 1 heterocycles. The number of aliphatic hydroxyl groups is 1. The van der Waals surface area contributed by atoms with Gasteiger partial charge in [0.1, 0.15) is 5.82 Å². The average Bonchev–Trinajstić information content (AvgIpc) is 2.85. The Morgan fingerprint density at radius 3 is 2.91 bits per heavy atom. The number of H-pyrrole nitrogens is 1. The number of amides is 2. The Kier molecular flexibility index (Phi) is 4.02. The molecule has 0 saturated heterocycles. The molecule has 1 aliphatic carbocycles. The van der Waals surface area contributed by atoms with Crippen LogP contribution in [-0.4, -0.2) is 34.8 Å². The van der Waals surface area contributed by atoms with E-state index < -0.39 is 5.60 Å². The molecule has 0 radical (unpaired) electrons. The number of hydrogen-bond acceptors (Lipinski definition) is 2. The molecule has 0 aliphatic heterocycles. The molecule has 22 heavy (non-hydrogen) atoms. The van der Waals surface area contributed by atoms with Crippen molar-refractivity contribution < 1.29 is 14.3 Å². The number of aromatic amines is 1. The maximum atomic E-state index is 13.1. The summed E-state index contributed by atoms with van der Waals surface area (Å²) in [7, 11) is 0. The maximum absolute atomic E-state index is 13.1. The summed E-state index contributed by atoms with van der Waals surface area (Å²) >= 11 is 0. The fourth-order valence-corrected chi connectivity index (χ4v) is 2.75. The van der Waals surface area contributed by atoms with Gasteiger partial charge < -0.3 is 20.7 Å². The van der Waals surface area contributed by atoms with Gasteiger partial charge in [-0.25, -0.2) is 9.18 Å². The Labute approximate surface area is 127 Å². The molecule has 118 valence electrons. The van der Waals surface area contributed by atoms with Gasteiger partial charge in [0.25, 0.3) is 0 Å². The lowest BCUT2D eigenvalue weighted by Gasteiger charge is -2.36. The van der Waals surface area contributed by atoms with Crippen LogP contribution in [0.5, 0.6) is 0 Å². The number of carbonyl (C=O) groups is 1. The molecule has 4 N–H and O–H groups in total. The third-order valence-electron chi connectivity index (χ3n) is 4.27. The molecule has 3 rings (SSSR count). The molecular formula is C16H20FN3O2. The van der Waals surface area contributed by atoms with Gasteiger partial charge in [-0.3, -0.25) is 0 Å². The van der Waals surface area contributed by atoms with Crippen LogP contribution in [0.2, 0.25) is 0 Å². The highest BCUT2D eigenvalue weighted by atomic mass is 19.1. The van der Waals surface area contributed by atoms with E-state index in [-0.39, 0.29) is 11.8 Å². The zero-order valence-electron chi connectivity index (χ0n) is 12.3. The standard InChI is InChI=1S/C16H20FN3O2/c17-12-2-3-13-11(9-19-14(13)8-12)4-7-18-15(21)20-10-16(22)5-1-6-16/h2-3,8-9,19,22H,1,4-7,10H2,(H2,18,20,21). The van der Waals surface area contributed by atoms with Crippen molar-refractivity contribution in [1.29, 1.82) is 0 Å². The monoisotopic (exact) mass is 305 g/mol. The number of halogens is 1. The second-order valence-electron chi connectivity index (χ2n) is 5.94. The molecule has 0 atom stereocenters. The lowest BCUT2D eigenvalue weighted by Crippen LogP contribution is -2.50. The van der Waals surface area contributed by atoms with Crippen LogP contribution >= 0.6 is 0 Å². The number of fused-ring (bicyclic) bond motifs is 1. The van der Waals surface area contributed by atoms with Crippen LogP contribution in [0.4, 0.5) is 9.18 Å². The number of nitrogens with one attached hydrogen (secondary N) is 3. The summed E-state index contributed by atoms with van der Waals surface area (Å²) < 4.78 is 13.1. The van der Waals surface area contributed by atoms with Gasteiger partial charge in [0.2, 0.25) is 0 Å². The molecule has 6 heteroatoms. The van der Waals surface area contributed by atoms with Crippen molar-refractivity contribution in [2.45, 2.75) is 31.3 Å². The van der Waals surface area contributed by atoms with Crippen LogP contribution in [0.1, 0.15) is 24.8 Å². The highest BCUT2D eigenvalue weighted by Crippen LogP contribution is 2.30. The minimum atomic E-state index is -0.710. The number of urea groups is 1. The normalized spacial score (nSPS) is 16.3. The number of benzene rings is 1. The minimum absolute atomic E-state index is 0.271. The topological polar surface area (TPSA) is 77.2 Å². The van der Waals surface area contributed by atoms with Gasteiger partial charge in [0, 0.05) is 30.2 Å². The SMILES string of the molecule is O=C(NCCc1c[nH]c2cc(F)ccc12)NCC1(O)CCC1. The average molecular weight is 305 g/mol. The maximum Gasteiger partial charge on any atom is 0.314 e. The molecule has 0 spiro atoms. The molecular weight excluding hydrogens is 285 g/mol. The van der Waals surface area contributed by atoms with Gasteiger partial charge in [-0.1, -0.05) is 0 Å². The zero-order chi connectivity index (χ0) is 15.6. The van der Waals surface area contributed by atoms with Crippen molar-refractivity contribution in [3.8, 4) is 0 Å².